The van der Waals surface area contributed by atoms with Gasteiger partial charge in [-0.2, -0.15) is 0 Å². The van der Waals surface area contributed by atoms with Crippen molar-refractivity contribution in [2.24, 2.45) is 0 Å². The van der Waals surface area contributed by atoms with Crippen LogP contribution in [0.25, 0.3) is 0 Å². The van der Waals surface area contributed by atoms with Crippen molar-refractivity contribution in [1.82, 2.24) is 5.32 Å². The second-order valence-electron chi connectivity index (χ2n) is 11.7. The quantitative estimate of drug-likeness (QED) is 0.160. The zero-order valence-electron chi connectivity index (χ0n) is 26.7. The van der Waals surface area contributed by atoms with Gasteiger partial charge in [-0.3, -0.25) is 18.4 Å². The molecule has 0 radical (unpaired) electrons. The topological polar surface area (TPSA) is 111 Å². The van der Waals surface area contributed by atoms with Gasteiger partial charge in [-0.05, 0) is 27.8 Å². The molecule has 252 valence electrons. The summed E-state index contributed by atoms with van der Waals surface area (Å²) in [7, 11) is -4.18. The summed E-state index contributed by atoms with van der Waals surface area (Å²) in [6.07, 6.45) is -3.81. The fourth-order valence-corrected chi connectivity index (χ4v) is 7.01. The van der Waals surface area contributed by atoms with Crippen molar-refractivity contribution >= 4 is 13.7 Å². The number of ether oxygens (including phenoxy) is 4. The first kappa shape index (κ1) is 34.2. The molecule has 2 heterocycles. The van der Waals surface area contributed by atoms with Gasteiger partial charge in [0.25, 0.3) is 0 Å². The molecule has 0 aliphatic carbocycles. The molecule has 1 saturated heterocycles. The molecule has 10 nitrogen and oxygen atoms in total. The molecule has 4 aromatic rings. The molecule has 2 aliphatic rings. The van der Waals surface area contributed by atoms with Gasteiger partial charge in [0.15, 0.2) is 6.29 Å². The predicted molar refractivity (Wildman–Crippen MR) is 177 cm³/mol. The molecule has 1 N–H and O–H groups in total. The third kappa shape index (κ3) is 9.25. The number of carbonyl (C=O) groups excluding carboxylic acids is 1. The first-order valence-corrected chi connectivity index (χ1v) is 17.4. The normalized spacial score (nSPS) is 23.5. The maximum atomic E-state index is 14.2. The van der Waals surface area contributed by atoms with Crippen LogP contribution in [0.1, 0.15) is 34.7 Å². The van der Waals surface area contributed by atoms with Crippen LogP contribution in [0.15, 0.2) is 115 Å². The van der Waals surface area contributed by atoms with Gasteiger partial charge in [-0.25, -0.2) is 4.57 Å². The molecule has 0 spiro atoms. The minimum absolute atomic E-state index is 0.0307. The van der Waals surface area contributed by atoms with Crippen molar-refractivity contribution in [3.8, 4) is 0 Å². The molecule has 48 heavy (non-hydrogen) atoms. The van der Waals surface area contributed by atoms with E-state index < -0.39 is 38.5 Å². The number of benzene rings is 4. The monoisotopic (exact) mass is 673 g/mol. The summed E-state index contributed by atoms with van der Waals surface area (Å²) in [6.45, 7) is 2.18. The van der Waals surface area contributed by atoms with Crippen molar-refractivity contribution in [3.63, 3.8) is 0 Å². The zero-order chi connectivity index (χ0) is 33.2. The highest BCUT2D eigenvalue weighted by molar-refractivity contribution is 7.48. The summed E-state index contributed by atoms with van der Waals surface area (Å²) < 4.78 is 57.8. The number of carbonyl (C=O) groups is 1. The molecule has 4 aromatic carbocycles. The van der Waals surface area contributed by atoms with Crippen LogP contribution in [-0.4, -0.2) is 43.2 Å². The third-order valence-corrected chi connectivity index (χ3v) is 9.47. The number of rotatable bonds is 13. The highest BCUT2D eigenvalue weighted by atomic mass is 31.2. The van der Waals surface area contributed by atoms with E-state index in [2.05, 4.69) is 5.32 Å². The van der Waals surface area contributed by atoms with Gasteiger partial charge >= 0.3 is 7.82 Å². The molecule has 1 amide bonds. The van der Waals surface area contributed by atoms with E-state index in [-0.39, 0.29) is 38.9 Å². The van der Waals surface area contributed by atoms with Crippen LogP contribution in [0.5, 0.6) is 0 Å². The summed E-state index contributed by atoms with van der Waals surface area (Å²) in [4.78, 5) is 12.6. The third-order valence-electron chi connectivity index (χ3n) is 8.08. The van der Waals surface area contributed by atoms with Gasteiger partial charge in [0.2, 0.25) is 5.91 Å². The van der Waals surface area contributed by atoms with Gasteiger partial charge in [-0.15, -0.1) is 0 Å². The Balaban J connectivity index is 1.31. The SMILES string of the molecule is CC(=O)NC1C(OCc2ccccc2)[C@H](OP2(=O)OCc3ccccc3CO2)C(COCc2ccccc2)O[C@H]1OCc1ccccc1. The molecule has 0 saturated carbocycles. The number of phosphoric ester groups is 1. The first-order chi connectivity index (χ1) is 23.5. The fourth-order valence-electron chi connectivity index (χ4n) is 5.66. The maximum absolute atomic E-state index is 14.2. The van der Waals surface area contributed by atoms with Crippen molar-refractivity contribution in [2.75, 3.05) is 6.61 Å². The number of hydrogen-bond acceptors (Lipinski definition) is 9. The van der Waals surface area contributed by atoms with E-state index in [0.29, 0.717) is 6.61 Å². The number of amides is 1. The zero-order valence-corrected chi connectivity index (χ0v) is 27.6. The Kier molecular flexibility index (Phi) is 11.8. The van der Waals surface area contributed by atoms with Crippen molar-refractivity contribution in [1.29, 1.82) is 0 Å². The van der Waals surface area contributed by atoms with Crippen molar-refractivity contribution in [2.45, 2.75) is 70.6 Å². The maximum Gasteiger partial charge on any atom is 0.475 e. The van der Waals surface area contributed by atoms with E-state index in [1.54, 1.807) is 0 Å². The number of phosphoric acid groups is 1. The summed E-state index contributed by atoms with van der Waals surface area (Å²) in [5.74, 6) is -0.327. The van der Waals surface area contributed by atoms with Crippen LogP contribution >= 0.6 is 7.82 Å². The highest BCUT2D eigenvalue weighted by Gasteiger charge is 2.52. The van der Waals surface area contributed by atoms with E-state index in [0.717, 1.165) is 27.8 Å². The van der Waals surface area contributed by atoms with Crippen molar-refractivity contribution < 1.29 is 41.9 Å². The van der Waals surface area contributed by atoms with Crippen LogP contribution in [0.2, 0.25) is 0 Å². The largest absolute Gasteiger partial charge is 0.475 e. The summed E-state index contributed by atoms with van der Waals surface area (Å²) in [5, 5.41) is 2.96. The van der Waals surface area contributed by atoms with Crippen LogP contribution in [0.3, 0.4) is 0 Å². The molecule has 11 heteroatoms. The van der Waals surface area contributed by atoms with Gasteiger partial charge in [0.05, 0.1) is 39.6 Å². The fraction of sp³-hybridized carbons (Fsp3) is 0.324. The van der Waals surface area contributed by atoms with E-state index >= 15 is 0 Å². The molecular weight excluding hydrogens is 633 g/mol. The molecule has 6 rings (SSSR count). The Morgan fingerprint density at radius 1 is 0.708 bits per heavy atom. The van der Waals surface area contributed by atoms with Crippen molar-refractivity contribution in [3.05, 3.63) is 143 Å². The highest BCUT2D eigenvalue weighted by Crippen LogP contribution is 2.55. The lowest BCUT2D eigenvalue weighted by Crippen LogP contribution is -2.65. The molecule has 3 unspecified atom stereocenters. The predicted octanol–water partition coefficient (Wildman–Crippen LogP) is 6.48. The molecule has 2 aliphatic heterocycles. The molecular formula is C37H40NO9P. The van der Waals surface area contributed by atoms with Crippen LogP contribution in [-0.2, 0) is 74.9 Å². The van der Waals surface area contributed by atoms with Gasteiger partial charge in [0, 0.05) is 6.92 Å². The minimum atomic E-state index is -4.18. The molecule has 5 atom stereocenters. The second-order valence-corrected chi connectivity index (χ2v) is 13.3. The van der Waals surface area contributed by atoms with Gasteiger partial charge < -0.3 is 24.3 Å². The summed E-state index contributed by atoms with van der Waals surface area (Å²) in [6, 6.07) is 35.7. The average molecular weight is 674 g/mol. The van der Waals surface area contributed by atoms with E-state index in [1.807, 2.05) is 115 Å². The second kappa shape index (κ2) is 16.6. The van der Waals surface area contributed by atoms with E-state index in [4.69, 9.17) is 32.5 Å². The summed E-state index contributed by atoms with van der Waals surface area (Å²) in [5.41, 5.74) is 4.49. The number of hydrogen-bond donors (Lipinski definition) is 1. The molecule has 0 bridgehead atoms. The smallest absolute Gasteiger partial charge is 0.374 e. The molecule has 0 aromatic heterocycles. The number of fused-ring (bicyclic) bond motifs is 1. The number of nitrogens with one attached hydrogen (secondary N) is 1. The van der Waals surface area contributed by atoms with Gasteiger partial charge in [0.1, 0.15) is 24.4 Å². The standard InChI is InChI=1S/C37H40NO9P/c1-27(39)38-34-36(42-22-29-15-7-3-8-16-29)35(47-48(40)44-24-31-19-11-12-20-32(31)25-45-48)33(26-41-21-28-13-5-2-6-14-28)46-37(34)43-23-30-17-9-4-10-18-30/h2-20,33-37H,21-26H2,1H3,(H,38,39)/t33?,34?,35-,36?,37-/m1/s1. The van der Waals surface area contributed by atoms with E-state index in [1.165, 1.54) is 6.92 Å². The van der Waals surface area contributed by atoms with Crippen LogP contribution in [0.4, 0.5) is 0 Å². The lowest BCUT2D eigenvalue weighted by molar-refractivity contribution is -0.281. The lowest BCUT2D eigenvalue weighted by atomic mass is 9.96. The lowest BCUT2D eigenvalue weighted by Gasteiger charge is -2.46. The minimum Gasteiger partial charge on any atom is -0.374 e. The van der Waals surface area contributed by atoms with Crippen LogP contribution < -0.4 is 5.32 Å². The Bertz CT molecular complexity index is 1610. The van der Waals surface area contributed by atoms with Gasteiger partial charge in [-0.1, -0.05) is 115 Å². The van der Waals surface area contributed by atoms with E-state index in [9.17, 15) is 9.36 Å². The Morgan fingerprint density at radius 2 is 1.21 bits per heavy atom. The van der Waals surface area contributed by atoms with Crippen LogP contribution in [0, 0.1) is 0 Å². The Hall–Kier alpha value is -3.70. The first-order valence-electron chi connectivity index (χ1n) is 16.0. The Morgan fingerprint density at radius 3 is 1.75 bits per heavy atom. The molecule has 1 fully saturated rings. The Labute approximate surface area is 280 Å². The summed E-state index contributed by atoms with van der Waals surface area (Å²) >= 11 is 0. The average Bonchev–Trinajstić information content (AvgIpc) is 3.28.